The Labute approximate surface area is 149 Å². The first-order valence-electron chi connectivity index (χ1n) is 9.58. The van der Waals surface area contributed by atoms with E-state index in [0.717, 1.165) is 24.8 Å². The van der Waals surface area contributed by atoms with E-state index in [9.17, 15) is 15.0 Å². The molecule has 5 nitrogen and oxygen atoms in total. The number of aliphatic hydroxyl groups excluding tert-OH is 2. The molecule has 4 aliphatic rings. The average molecular weight is 350 g/mol. The van der Waals surface area contributed by atoms with E-state index >= 15 is 0 Å². The zero-order valence-corrected chi connectivity index (χ0v) is 15.5. The number of hydrogen-bond donors (Lipinski definition) is 2. The highest BCUT2D eigenvalue weighted by atomic mass is 16.6. The summed E-state index contributed by atoms with van der Waals surface area (Å²) in [6, 6.07) is 0. The average Bonchev–Trinajstić information content (AvgIpc) is 3.24. The number of fused-ring (bicyclic) bond motifs is 1. The molecule has 2 saturated carbocycles. The van der Waals surface area contributed by atoms with E-state index in [4.69, 9.17) is 9.47 Å². The fourth-order valence-electron chi connectivity index (χ4n) is 6.12. The van der Waals surface area contributed by atoms with Crippen molar-refractivity contribution in [2.75, 3.05) is 13.2 Å². The quantitative estimate of drug-likeness (QED) is 0.453. The summed E-state index contributed by atoms with van der Waals surface area (Å²) < 4.78 is 10.9. The third-order valence-corrected chi connectivity index (χ3v) is 7.86. The Hall–Kier alpha value is -0.910. The van der Waals surface area contributed by atoms with Crippen LogP contribution in [0.4, 0.5) is 0 Å². The monoisotopic (exact) mass is 350 g/mol. The van der Waals surface area contributed by atoms with Crippen molar-refractivity contribution in [3.63, 3.8) is 0 Å². The Kier molecular flexibility index (Phi) is 3.88. The van der Waals surface area contributed by atoms with Crippen LogP contribution in [-0.2, 0) is 14.3 Å². The second kappa shape index (κ2) is 5.54. The zero-order valence-electron chi connectivity index (χ0n) is 15.5. The van der Waals surface area contributed by atoms with Gasteiger partial charge in [-0.1, -0.05) is 26.8 Å². The van der Waals surface area contributed by atoms with Crippen molar-refractivity contribution in [3.8, 4) is 0 Å². The lowest BCUT2D eigenvalue weighted by Crippen LogP contribution is -2.62. The lowest BCUT2D eigenvalue weighted by Gasteiger charge is -2.61. The van der Waals surface area contributed by atoms with Crippen LogP contribution in [0, 0.1) is 22.7 Å². The van der Waals surface area contributed by atoms with Crippen LogP contribution in [0.1, 0.15) is 52.9 Å². The summed E-state index contributed by atoms with van der Waals surface area (Å²) in [6.45, 7) is 7.62. The Bertz CT molecular complexity index is 605. The number of rotatable bonds is 2. The molecule has 0 unspecified atom stereocenters. The summed E-state index contributed by atoms with van der Waals surface area (Å²) in [5, 5.41) is 21.4. The van der Waals surface area contributed by atoms with Crippen molar-refractivity contribution >= 4 is 5.97 Å². The largest absolute Gasteiger partial charge is 0.462 e. The van der Waals surface area contributed by atoms with Crippen molar-refractivity contribution in [3.05, 3.63) is 11.6 Å². The number of esters is 1. The zero-order chi connectivity index (χ0) is 18.0. The summed E-state index contributed by atoms with van der Waals surface area (Å²) in [5.74, 6) is 0.178. The van der Waals surface area contributed by atoms with E-state index in [2.05, 4.69) is 20.8 Å². The summed E-state index contributed by atoms with van der Waals surface area (Å²) >= 11 is 0. The minimum atomic E-state index is -0.505. The van der Waals surface area contributed by atoms with Gasteiger partial charge < -0.3 is 19.7 Å². The number of cyclic esters (lactones) is 1. The molecule has 1 spiro atoms. The molecule has 0 radical (unpaired) electrons. The summed E-state index contributed by atoms with van der Waals surface area (Å²) in [6.07, 6.45) is 4.95. The number of epoxide rings is 1. The van der Waals surface area contributed by atoms with E-state index in [-0.39, 0.29) is 34.7 Å². The molecular formula is C20H30O5. The smallest absolute Gasteiger partial charge is 0.333 e. The molecule has 4 rings (SSSR count). The highest BCUT2D eigenvalue weighted by Gasteiger charge is 2.69. The van der Waals surface area contributed by atoms with Crippen LogP contribution in [0.5, 0.6) is 0 Å². The summed E-state index contributed by atoms with van der Waals surface area (Å²) in [5.41, 5.74) is 0.0368. The van der Waals surface area contributed by atoms with Gasteiger partial charge in [0.1, 0.15) is 5.60 Å². The molecule has 2 aliphatic carbocycles. The normalized spacial score (nSPS) is 50.0. The molecule has 140 valence electrons. The number of hydrogen-bond acceptors (Lipinski definition) is 5. The minimum Gasteiger partial charge on any atom is -0.462 e. The van der Waals surface area contributed by atoms with Crippen molar-refractivity contribution in [2.24, 2.45) is 22.7 Å². The molecule has 2 heterocycles. The standard InChI is InChI=1S/C20H30O5/c1-18(2)14-10-16(22)20(11-25-20)13(19(14,3)8-6-15(18)21)5-4-12-7-9-24-17(12)23/h4,13-16,21-22H,5-11H2,1-3H3/b12-4+/t13-,14+,15+,16+,19-,20-/m1/s1. The van der Waals surface area contributed by atoms with Gasteiger partial charge in [0.15, 0.2) is 0 Å². The van der Waals surface area contributed by atoms with Gasteiger partial charge in [-0.2, -0.15) is 0 Å². The number of allylic oxidation sites excluding steroid dienone is 1. The topological polar surface area (TPSA) is 79.3 Å². The van der Waals surface area contributed by atoms with Crippen molar-refractivity contribution < 1.29 is 24.5 Å². The third-order valence-electron chi connectivity index (χ3n) is 7.86. The van der Waals surface area contributed by atoms with Gasteiger partial charge in [0.05, 0.1) is 25.4 Å². The lowest BCUT2D eigenvalue weighted by atomic mass is 9.44. The number of ether oxygens (including phenoxy) is 2. The van der Waals surface area contributed by atoms with Crippen LogP contribution in [-0.4, -0.2) is 47.2 Å². The lowest BCUT2D eigenvalue weighted by molar-refractivity contribution is -0.184. The first-order chi connectivity index (χ1) is 11.7. The molecule has 0 bridgehead atoms. The van der Waals surface area contributed by atoms with Gasteiger partial charge in [-0.3, -0.25) is 0 Å². The van der Waals surface area contributed by atoms with Gasteiger partial charge in [0.2, 0.25) is 0 Å². The highest BCUT2D eigenvalue weighted by molar-refractivity contribution is 5.90. The Morgan fingerprint density at radius 1 is 1.24 bits per heavy atom. The van der Waals surface area contributed by atoms with Gasteiger partial charge in [-0.25, -0.2) is 4.79 Å². The fourth-order valence-corrected chi connectivity index (χ4v) is 6.12. The summed E-state index contributed by atoms with van der Waals surface area (Å²) in [4.78, 5) is 11.8. The Balaban J connectivity index is 1.68. The van der Waals surface area contributed by atoms with Crippen LogP contribution < -0.4 is 0 Å². The molecule has 0 aromatic carbocycles. The number of aliphatic hydroxyl groups is 2. The van der Waals surface area contributed by atoms with E-state index in [1.807, 2.05) is 6.08 Å². The van der Waals surface area contributed by atoms with Crippen molar-refractivity contribution in [1.82, 2.24) is 0 Å². The first-order valence-corrected chi connectivity index (χ1v) is 9.58. The predicted molar refractivity (Wildman–Crippen MR) is 91.7 cm³/mol. The summed E-state index contributed by atoms with van der Waals surface area (Å²) in [7, 11) is 0. The molecule has 4 fully saturated rings. The SMILES string of the molecule is CC1(C)[C@@H](O)CC[C@]2(C)[C@@H](C/C=C3\CCOC3=O)[C@]3(CO3)[C@@H](O)C[C@@H]12. The highest BCUT2D eigenvalue weighted by Crippen LogP contribution is 2.66. The van der Waals surface area contributed by atoms with E-state index in [0.29, 0.717) is 26.1 Å². The van der Waals surface area contributed by atoms with Gasteiger partial charge in [-0.15, -0.1) is 0 Å². The molecular weight excluding hydrogens is 320 g/mol. The predicted octanol–water partition coefficient (Wildman–Crippen LogP) is 2.20. The second-order valence-electron chi connectivity index (χ2n) is 9.33. The van der Waals surface area contributed by atoms with Crippen molar-refractivity contribution in [1.29, 1.82) is 0 Å². The Morgan fingerprint density at radius 3 is 2.56 bits per heavy atom. The van der Waals surface area contributed by atoms with Crippen LogP contribution in [0.15, 0.2) is 11.6 Å². The van der Waals surface area contributed by atoms with Crippen LogP contribution in [0.3, 0.4) is 0 Å². The number of carbonyl (C=O) groups excluding carboxylic acids is 1. The molecule has 5 heteroatoms. The second-order valence-corrected chi connectivity index (χ2v) is 9.33. The van der Waals surface area contributed by atoms with Crippen LogP contribution >= 0.6 is 0 Å². The minimum absolute atomic E-state index is 0.0158. The maximum absolute atomic E-state index is 11.8. The molecule has 25 heavy (non-hydrogen) atoms. The van der Waals surface area contributed by atoms with Crippen molar-refractivity contribution in [2.45, 2.75) is 70.7 Å². The third kappa shape index (κ3) is 2.42. The van der Waals surface area contributed by atoms with E-state index in [1.165, 1.54) is 0 Å². The van der Waals surface area contributed by atoms with Gasteiger partial charge in [-0.05, 0) is 42.4 Å². The van der Waals surface area contributed by atoms with Crippen LogP contribution in [0.25, 0.3) is 0 Å². The molecule has 6 atom stereocenters. The molecule has 0 aromatic heterocycles. The van der Waals surface area contributed by atoms with E-state index < -0.39 is 11.7 Å². The van der Waals surface area contributed by atoms with Gasteiger partial charge >= 0.3 is 5.97 Å². The van der Waals surface area contributed by atoms with Crippen LogP contribution in [0.2, 0.25) is 0 Å². The molecule has 2 saturated heterocycles. The number of carbonyl (C=O) groups is 1. The van der Waals surface area contributed by atoms with E-state index in [1.54, 1.807) is 0 Å². The first kappa shape index (κ1) is 17.5. The molecule has 2 N–H and O–H groups in total. The molecule has 2 aliphatic heterocycles. The maximum Gasteiger partial charge on any atom is 0.333 e. The molecule has 0 amide bonds. The van der Waals surface area contributed by atoms with Gasteiger partial charge in [0, 0.05) is 17.9 Å². The molecule has 0 aromatic rings. The maximum atomic E-state index is 11.8. The Morgan fingerprint density at radius 2 is 1.96 bits per heavy atom. The fraction of sp³-hybridized carbons (Fsp3) is 0.850. The van der Waals surface area contributed by atoms with Gasteiger partial charge in [0.25, 0.3) is 0 Å².